The summed E-state index contributed by atoms with van der Waals surface area (Å²) in [5, 5.41) is 13.4. The number of carbonyl (C=O) groups is 4. The summed E-state index contributed by atoms with van der Waals surface area (Å²) in [7, 11) is 0. The molecule has 3 fully saturated rings. The average molecular weight is 638 g/mol. The van der Waals surface area contributed by atoms with Crippen LogP contribution < -0.4 is 5.32 Å². The third kappa shape index (κ3) is 7.23. The first-order valence-corrected chi connectivity index (χ1v) is 16.8. The topological polar surface area (TPSA) is 125 Å². The molecule has 4 rings (SSSR count). The number of aliphatic hydroxyl groups is 1. The Hall–Kier alpha value is -3.50. The van der Waals surface area contributed by atoms with Gasteiger partial charge in [0.2, 0.25) is 17.7 Å². The fourth-order valence-corrected chi connectivity index (χ4v) is 7.46. The molecule has 3 heterocycles. The number of aliphatic hydroxyl groups excluding tert-OH is 1. The normalized spacial score (nSPS) is 26.0. The maximum Gasteiger partial charge on any atom is 0.313 e. The molecule has 2 bridgehead atoms. The van der Waals surface area contributed by atoms with Crippen LogP contribution in [0.1, 0.15) is 77.4 Å². The average Bonchev–Trinajstić information content (AvgIpc) is 3.70. The molecule has 1 spiro atoms. The zero-order valence-electron chi connectivity index (χ0n) is 27.6. The largest absolute Gasteiger partial charge is 0.455 e. The molecular formula is C36H51N3O7. The van der Waals surface area contributed by atoms with E-state index in [1.165, 1.54) is 4.90 Å². The number of nitrogens with one attached hydrogen (secondary N) is 1. The maximum absolute atomic E-state index is 14.5. The summed E-state index contributed by atoms with van der Waals surface area (Å²) in [6.07, 6.45) is 5.88. The van der Waals surface area contributed by atoms with Gasteiger partial charge in [-0.3, -0.25) is 19.2 Å². The number of esters is 1. The molecule has 7 atom stereocenters. The van der Waals surface area contributed by atoms with Crippen LogP contribution in [0.15, 0.2) is 55.6 Å². The molecule has 3 aliphatic rings. The lowest BCUT2D eigenvalue weighted by Crippen LogP contribution is -2.59. The van der Waals surface area contributed by atoms with Crippen molar-refractivity contribution in [2.24, 2.45) is 17.8 Å². The van der Waals surface area contributed by atoms with Gasteiger partial charge in [-0.1, -0.05) is 69.7 Å². The molecule has 46 heavy (non-hydrogen) atoms. The summed E-state index contributed by atoms with van der Waals surface area (Å²) in [5.74, 6) is -3.08. The van der Waals surface area contributed by atoms with Crippen molar-refractivity contribution >= 4 is 23.7 Å². The fraction of sp³-hybridized carbons (Fsp3) is 0.611. The van der Waals surface area contributed by atoms with Crippen LogP contribution in [0.5, 0.6) is 0 Å². The molecule has 1 aromatic carbocycles. The van der Waals surface area contributed by atoms with Crippen LogP contribution in [-0.4, -0.2) is 88.6 Å². The maximum atomic E-state index is 14.5. The Balaban J connectivity index is 1.67. The lowest BCUT2D eigenvalue weighted by Gasteiger charge is -2.39. The van der Waals surface area contributed by atoms with E-state index in [4.69, 9.17) is 9.47 Å². The van der Waals surface area contributed by atoms with Crippen LogP contribution in [0.4, 0.5) is 0 Å². The monoisotopic (exact) mass is 637 g/mol. The summed E-state index contributed by atoms with van der Waals surface area (Å²) < 4.78 is 12.7. The molecule has 252 valence electrons. The first-order valence-electron chi connectivity index (χ1n) is 16.8. The Morgan fingerprint density at radius 3 is 2.59 bits per heavy atom. The van der Waals surface area contributed by atoms with Gasteiger partial charge in [0, 0.05) is 19.5 Å². The van der Waals surface area contributed by atoms with Gasteiger partial charge in [0.05, 0.1) is 37.1 Å². The predicted octanol–water partition coefficient (Wildman–Crippen LogP) is 3.95. The summed E-state index contributed by atoms with van der Waals surface area (Å²) in [4.78, 5) is 58.8. The summed E-state index contributed by atoms with van der Waals surface area (Å²) in [6, 6.07) is 7.58. The second-order valence-electron chi connectivity index (χ2n) is 13.2. The van der Waals surface area contributed by atoms with Gasteiger partial charge in [-0.2, -0.15) is 0 Å². The second kappa shape index (κ2) is 15.9. The van der Waals surface area contributed by atoms with Crippen molar-refractivity contribution in [3.63, 3.8) is 0 Å². The van der Waals surface area contributed by atoms with Gasteiger partial charge in [-0.15, -0.1) is 13.2 Å². The highest BCUT2D eigenvalue weighted by Crippen LogP contribution is 2.59. The molecule has 0 radical (unpaired) electrons. The van der Waals surface area contributed by atoms with E-state index >= 15 is 0 Å². The number of hydrogen-bond acceptors (Lipinski definition) is 7. The Labute approximate surface area is 273 Å². The van der Waals surface area contributed by atoms with E-state index in [2.05, 4.69) is 18.5 Å². The van der Waals surface area contributed by atoms with Crippen LogP contribution >= 0.6 is 0 Å². The van der Waals surface area contributed by atoms with Gasteiger partial charge < -0.3 is 29.7 Å². The lowest BCUT2D eigenvalue weighted by molar-refractivity contribution is -0.161. The van der Waals surface area contributed by atoms with Crippen molar-refractivity contribution in [2.75, 3.05) is 26.2 Å². The van der Waals surface area contributed by atoms with Gasteiger partial charge >= 0.3 is 5.97 Å². The van der Waals surface area contributed by atoms with E-state index in [1.807, 2.05) is 51.1 Å². The number of hydrogen-bond donors (Lipinski definition) is 2. The number of unbranched alkanes of at least 4 members (excludes halogenated alkanes) is 1. The van der Waals surface area contributed by atoms with Crippen molar-refractivity contribution in [1.82, 2.24) is 15.1 Å². The lowest BCUT2D eigenvalue weighted by atomic mass is 9.70. The first-order chi connectivity index (χ1) is 22.1. The number of fused-ring (bicyclic) bond motifs is 1. The molecule has 3 aliphatic heterocycles. The molecule has 10 nitrogen and oxygen atoms in total. The van der Waals surface area contributed by atoms with Crippen LogP contribution in [0, 0.1) is 17.8 Å². The Bertz CT molecular complexity index is 1250. The van der Waals surface area contributed by atoms with E-state index in [1.54, 1.807) is 17.1 Å². The number of nitrogens with zero attached hydrogens (tertiary/aromatic N) is 2. The molecule has 3 saturated heterocycles. The minimum atomic E-state index is -1.21. The third-order valence-electron chi connectivity index (χ3n) is 9.52. The van der Waals surface area contributed by atoms with Crippen molar-refractivity contribution < 1.29 is 33.8 Å². The van der Waals surface area contributed by atoms with Gasteiger partial charge in [0.25, 0.3) is 0 Å². The molecule has 2 N–H and O–H groups in total. The number of allylic oxidation sites excluding steroid dienone is 1. The molecule has 0 aliphatic carbocycles. The SMILES string of the molecule is C=CCCC(=O)NC[C@H](OC(=O)[C@@H]1[C@@H]2CC[C@]3(O2)[C@H](C(=O)N(CC=C)CCCC)N([C@@H](CO)CC(C)C)C(=O)[C@@H]13)c1ccccc1. The number of rotatable bonds is 18. The summed E-state index contributed by atoms with van der Waals surface area (Å²) >= 11 is 0. The van der Waals surface area contributed by atoms with E-state index in [0.29, 0.717) is 44.3 Å². The Morgan fingerprint density at radius 1 is 1.22 bits per heavy atom. The van der Waals surface area contributed by atoms with Crippen LogP contribution in [0.3, 0.4) is 0 Å². The fourth-order valence-electron chi connectivity index (χ4n) is 7.46. The quantitative estimate of drug-likeness (QED) is 0.185. The number of likely N-dealkylation sites (tertiary alicyclic amines) is 1. The number of amides is 3. The zero-order valence-corrected chi connectivity index (χ0v) is 27.6. The van der Waals surface area contributed by atoms with Gasteiger partial charge in [-0.25, -0.2) is 0 Å². The van der Waals surface area contributed by atoms with Crippen molar-refractivity contribution in [3.8, 4) is 0 Å². The number of carbonyl (C=O) groups excluding carboxylic acids is 4. The summed E-state index contributed by atoms with van der Waals surface area (Å²) in [6.45, 7) is 14.1. The number of benzene rings is 1. The zero-order chi connectivity index (χ0) is 33.4. The standard InChI is InChI=1S/C36H51N3O7/c1-6-9-16-29(41)37-22-28(25-14-12-11-13-15-25)45-35(44)30-27-17-18-36(46-27)31(30)33(42)39(26(23-40)21-24(4)5)32(36)34(43)38(19-8-3)20-10-7-2/h6,8,11-15,24,26-28,30-32,40H,1,3,7,9-10,16-23H2,2,4-5H3,(H,37,41)/t26-,27+,28+,30-,31-,32+,36-/m1/s1. The smallest absolute Gasteiger partial charge is 0.313 e. The van der Waals surface area contributed by atoms with Crippen molar-refractivity contribution in [2.45, 2.75) is 95.6 Å². The van der Waals surface area contributed by atoms with Crippen LogP contribution in [-0.2, 0) is 28.7 Å². The van der Waals surface area contributed by atoms with E-state index in [0.717, 1.165) is 12.8 Å². The highest BCUT2D eigenvalue weighted by atomic mass is 16.6. The molecule has 0 unspecified atom stereocenters. The van der Waals surface area contributed by atoms with Crippen molar-refractivity contribution in [1.29, 1.82) is 0 Å². The Kier molecular flexibility index (Phi) is 12.2. The van der Waals surface area contributed by atoms with Gasteiger partial charge in [0.1, 0.15) is 17.7 Å². The molecule has 0 saturated carbocycles. The molecular weight excluding hydrogens is 586 g/mol. The molecule has 0 aromatic heterocycles. The van der Waals surface area contributed by atoms with Crippen LogP contribution in [0.2, 0.25) is 0 Å². The minimum absolute atomic E-state index is 0.0654. The van der Waals surface area contributed by atoms with Gasteiger partial charge in [0.15, 0.2) is 0 Å². The molecule has 3 amide bonds. The highest BCUT2D eigenvalue weighted by Gasteiger charge is 2.75. The van der Waals surface area contributed by atoms with E-state index < -0.39 is 47.7 Å². The third-order valence-corrected chi connectivity index (χ3v) is 9.52. The Morgan fingerprint density at radius 2 is 1.96 bits per heavy atom. The van der Waals surface area contributed by atoms with E-state index in [9.17, 15) is 24.3 Å². The predicted molar refractivity (Wildman–Crippen MR) is 174 cm³/mol. The molecule has 1 aromatic rings. The van der Waals surface area contributed by atoms with Crippen molar-refractivity contribution in [3.05, 3.63) is 61.2 Å². The first kappa shape index (κ1) is 35.4. The second-order valence-corrected chi connectivity index (χ2v) is 13.2. The summed E-state index contributed by atoms with van der Waals surface area (Å²) in [5.41, 5.74) is -0.501. The molecule has 10 heteroatoms. The van der Waals surface area contributed by atoms with Crippen LogP contribution in [0.25, 0.3) is 0 Å². The van der Waals surface area contributed by atoms with E-state index in [-0.39, 0.29) is 43.2 Å². The number of ether oxygens (including phenoxy) is 2. The minimum Gasteiger partial charge on any atom is -0.455 e. The van der Waals surface area contributed by atoms with Gasteiger partial charge in [-0.05, 0) is 43.6 Å². The highest BCUT2D eigenvalue weighted by molar-refractivity contribution is 5.98.